The minimum atomic E-state index is 0.393. The monoisotopic (exact) mass is 252 g/mol. The van der Waals surface area contributed by atoms with Crippen LogP contribution in [0, 0.1) is 4.77 Å². The summed E-state index contributed by atoms with van der Waals surface area (Å²) >= 11 is 4.99. The van der Waals surface area contributed by atoms with E-state index in [1.54, 1.807) is 0 Å². The van der Waals surface area contributed by atoms with Crippen LogP contribution in [-0.4, -0.2) is 19.9 Å². The third-order valence-corrected chi connectivity index (χ3v) is 3.20. The first-order chi connectivity index (χ1) is 8.79. The van der Waals surface area contributed by atoms with Crippen molar-refractivity contribution < 1.29 is 0 Å². The van der Waals surface area contributed by atoms with E-state index in [1.165, 1.54) is 0 Å². The van der Waals surface area contributed by atoms with Crippen molar-refractivity contribution in [2.45, 2.75) is 0 Å². The molecule has 0 atom stereocenters. The fraction of sp³-hybridized carbons (Fsp3) is 0. The van der Waals surface area contributed by atoms with E-state index < -0.39 is 0 Å². The Kier molecular flexibility index (Phi) is 1.82. The second-order valence-corrected chi connectivity index (χ2v) is 4.55. The van der Waals surface area contributed by atoms with Crippen molar-refractivity contribution in [2.75, 3.05) is 0 Å². The standard InChI is InChI=1S/C13H8N4S/c18-13-16-11-5-9-10(6-12(11)17-13)15-8-4-2-1-3-7(8)14-9/h1-6,14-15H. The fourth-order valence-electron chi connectivity index (χ4n) is 2.19. The normalized spacial score (nSPS) is 11.6. The lowest BCUT2D eigenvalue weighted by Gasteiger charge is -2.03. The molecule has 0 radical (unpaired) electrons. The summed E-state index contributed by atoms with van der Waals surface area (Å²) in [6, 6.07) is 12.0. The summed E-state index contributed by atoms with van der Waals surface area (Å²) in [7, 11) is 0. The molecule has 0 aliphatic carbocycles. The second kappa shape index (κ2) is 3.36. The molecular weight excluding hydrogens is 244 g/mol. The van der Waals surface area contributed by atoms with Crippen LogP contribution in [-0.2, 0) is 0 Å². The first-order valence-corrected chi connectivity index (χ1v) is 5.99. The van der Waals surface area contributed by atoms with Gasteiger partial charge in [0.25, 0.3) is 0 Å². The molecule has 0 spiro atoms. The molecule has 4 aromatic rings. The average Bonchev–Trinajstić information content (AvgIpc) is 2.72. The summed E-state index contributed by atoms with van der Waals surface area (Å²) in [6.45, 7) is 0. The maximum Gasteiger partial charge on any atom is 0.220 e. The number of benzene rings is 2. The maximum atomic E-state index is 4.99. The summed E-state index contributed by atoms with van der Waals surface area (Å²) in [6.07, 6.45) is 0. The minimum Gasteiger partial charge on any atom is -0.352 e. The van der Waals surface area contributed by atoms with Crippen molar-refractivity contribution in [2.24, 2.45) is 0 Å². The summed E-state index contributed by atoms with van der Waals surface area (Å²) in [5.74, 6) is 0. The van der Waals surface area contributed by atoms with E-state index in [0.29, 0.717) is 4.77 Å². The average molecular weight is 252 g/mol. The topological polar surface area (TPSA) is 57.4 Å². The highest BCUT2D eigenvalue weighted by Gasteiger charge is 2.04. The molecule has 18 heavy (non-hydrogen) atoms. The molecule has 5 heteroatoms. The highest BCUT2D eigenvalue weighted by atomic mass is 32.1. The molecule has 2 heterocycles. The largest absolute Gasteiger partial charge is 0.352 e. The van der Waals surface area contributed by atoms with Crippen molar-refractivity contribution in [3.63, 3.8) is 0 Å². The number of aromatic nitrogens is 4. The summed E-state index contributed by atoms with van der Waals surface area (Å²) in [5.41, 5.74) is 5.76. The Labute approximate surface area is 107 Å². The van der Waals surface area contributed by atoms with Gasteiger partial charge in [-0.2, -0.15) is 0 Å². The smallest absolute Gasteiger partial charge is 0.220 e. The van der Waals surface area contributed by atoms with Crippen molar-refractivity contribution >= 4 is 45.3 Å². The fourth-order valence-corrected chi connectivity index (χ4v) is 2.38. The van der Waals surface area contributed by atoms with Gasteiger partial charge in [-0.1, -0.05) is 12.1 Å². The first-order valence-electron chi connectivity index (χ1n) is 5.58. The lowest BCUT2D eigenvalue weighted by molar-refractivity contribution is 1.30. The van der Waals surface area contributed by atoms with E-state index in [1.807, 2.05) is 36.4 Å². The number of nitrogens with one attached hydrogen (secondary N) is 2. The van der Waals surface area contributed by atoms with Crippen LogP contribution >= 0.6 is 12.2 Å². The van der Waals surface area contributed by atoms with E-state index in [4.69, 9.17) is 12.2 Å². The third-order valence-electron chi connectivity index (χ3n) is 3.01. The van der Waals surface area contributed by atoms with Crippen molar-refractivity contribution in [3.05, 3.63) is 41.2 Å². The zero-order valence-electron chi connectivity index (χ0n) is 9.27. The maximum absolute atomic E-state index is 4.99. The Balaban J connectivity index is 2.22. The Morgan fingerprint density at radius 2 is 1.28 bits per heavy atom. The number of nitrogens with zero attached hydrogens (tertiary/aromatic N) is 2. The Morgan fingerprint density at radius 1 is 0.778 bits per heavy atom. The van der Waals surface area contributed by atoms with Crippen molar-refractivity contribution in [3.8, 4) is 0 Å². The molecule has 0 aliphatic rings. The van der Waals surface area contributed by atoms with Crippen LogP contribution in [0.25, 0.3) is 33.1 Å². The van der Waals surface area contributed by atoms with Crippen LogP contribution in [0.4, 0.5) is 0 Å². The predicted molar refractivity (Wildman–Crippen MR) is 74.1 cm³/mol. The van der Waals surface area contributed by atoms with Gasteiger partial charge >= 0.3 is 0 Å². The SMILES string of the molecule is S=c1nc2cc3[nH]c4ccccc4[nH]c3cc2n1. The quantitative estimate of drug-likeness (QED) is 0.373. The van der Waals surface area contributed by atoms with Crippen LogP contribution in [0.3, 0.4) is 0 Å². The molecule has 2 aromatic heterocycles. The Hall–Kier alpha value is -2.27. The molecule has 0 saturated heterocycles. The highest BCUT2D eigenvalue weighted by molar-refractivity contribution is 7.71. The summed E-state index contributed by atoms with van der Waals surface area (Å²) < 4.78 is 0.393. The van der Waals surface area contributed by atoms with E-state index in [2.05, 4.69) is 19.9 Å². The molecular formula is C13H8N4S. The molecule has 2 N–H and O–H groups in total. The van der Waals surface area contributed by atoms with Gasteiger partial charge in [0.2, 0.25) is 4.77 Å². The zero-order valence-corrected chi connectivity index (χ0v) is 10.1. The number of para-hydroxylation sites is 2. The van der Waals surface area contributed by atoms with Crippen LogP contribution < -0.4 is 0 Å². The molecule has 2 aromatic carbocycles. The second-order valence-electron chi connectivity index (χ2n) is 4.19. The molecule has 0 saturated carbocycles. The first kappa shape index (κ1) is 9.73. The van der Waals surface area contributed by atoms with Gasteiger partial charge in [0, 0.05) is 0 Å². The number of imidazole rings is 1. The van der Waals surface area contributed by atoms with Crippen molar-refractivity contribution in [1.29, 1.82) is 0 Å². The molecule has 4 rings (SSSR count). The van der Waals surface area contributed by atoms with Gasteiger partial charge in [0.05, 0.1) is 33.1 Å². The molecule has 4 nitrogen and oxygen atoms in total. The van der Waals surface area contributed by atoms with Gasteiger partial charge in [-0.15, -0.1) is 0 Å². The predicted octanol–water partition coefficient (Wildman–Crippen LogP) is 3.32. The van der Waals surface area contributed by atoms with Crippen LogP contribution in [0.2, 0.25) is 0 Å². The van der Waals surface area contributed by atoms with Gasteiger partial charge in [-0.05, 0) is 36.5 Å². The highest BCUT2D eigenvalue weighted by Crippen LogP contribution is 2.20. The third kappa shape index (κ3) is 1.34. The van der Waals surface area contributed by atoms with Crippen LogP contribution in [0.1, 0.15) is 0 Å². The molecule has 0 amide bonds. The molecule has 0 unspecified atom stereocenters. The molecule has 0 aliphatic heterocycles. The van der Waals surface area contributed by atoms with Gasteiger partial charge < -0.3 is 9.97 Å². The number of H-pyrrole nitrogens is 2. The number of rotatable bonds is 0. The van der Waals surface area contributed by atoms with Gasteiger partial charge in [-0.3, -0.25) is 0 Å². The lowest BCUT2D eigenvalue weighted by Crippen LogP contribution is -1.87. The molecule has 86 valence electrons. The Morgan fingerprint density at radius 3 is 1.78 bits per heavy atom. The van der Waals surface area contributed by atoms with E-state index >= 15 is 0 Å². The summed E-state index contributed by atoms with van der Waals surface area (Å²) in [5, 5.41) is 0. The molecule has 0 bridgehead atoms. The number of hydrogen-bond donors (Lipinski definition) is 2. The van der Waals surface area contributed by atoms with Crippen LogP contribution in [0.15, 0.2) is 36.4 Å². The van der Waals surface area contributed by atoms with E-state index in [9.17, 15) is 0 Å². The zero-order chi connectivity index (χ0) is 12.1. The van der Waals surface area contributed by atoms with Gasteiger partial charge in [-0.25, -0.2) is 9.97 Å². The number of aromatic amines is 2. The van der Waals surface area contributed by atoms with Crippen molar-refractivity contribution in [1.82, 2.24) is 19.9 Å². The molecule has 0 fully saturated rings. The minimum absolute atomic E-state index is 0.393. The van der Waals surface area contributed by atoms with Gasteiger partial charge in [0.15, 0.2) is 0 Å². The number of hydrogen-bond acceptors (Lipinski definition) is 3. The van der Waals surface area contributed by atoms with Crippen LogP contribution in [0.5, 0.6) is 0 Å². The summed E-state index contributed by atoms with van der Waals surface area (Å²) in [4.78, 5) is 15.2. The number of fused-ring (bicyclic) bond motifs is 3. The lowest BCUT2D eigenvalue weighted by atomic mass is 10.2. The van der Waals surface area contributed by atoms with Gasteiger partial charge in [0.1, 0.15) is 0 Å². The van der Waals surface area contributed by atoms with E-state index in [-0.39, 0.29) is 0 Å². The Bertz CT molecular complexity index is 876. The van der Waals surface area contributed by atoms with E-state index in [0.717, 1.165) is 33.1 Å².